The third kappa shape index (κ3) is 4.85. The molecule has 0 aliphatic carbocycles. The quantitative estimate of drug-likeness (QED) is 0.660. The number of para-hydroxylation sites is 1. The zero-order chi connectivity index (χ0) is 19.2. The summed E-state index contributed by atoms with van der Waals surface area (Å²) in [5.74, 6) is 1.10. The average Bonchev–Trinajstić information content (AvgIpc) is 2.70. The largest absolute Gasteiger partial charge is 0.484 e. The molecule has 0 unspecified atom stereocenters. The number of amides is 1. The highest BCUT2D eigenvalue weighted by molar-refractivity contribution is 5.83. The van der Waals surface area contributed by atoms with Gasteiger partial charge < -0.3 is 10.1 Å². The molecule has 1 atom stereocenters. The second-order valence-electron chi connectivity index (χ2n) is 6.88. The van der Waals surface area contributed by atoms with Crippen molar-refractivity contribution in [2.75, 3.05) is 6.61 Å². The van der Waals surface area contributed by atoms with Gasteiger partial charge in [-0.05, 0) is 54.7 Å². The summed E-state index contributed by atoms with van der Waals surface area (Å²) in [4.78, 5) is 16.7. The van der Waals surface area contributed by atoms with Crippen molar-refractivity contribution in [1.29, 1.82) is 0 Å². The maximum atomic E-state index is 12.2. The molecule has 3 aromatic rings. The summed E-state index contributed by atoms with van der Waals surface area (Å²) in [6.07, 6.45) is 1.10. The number of fused-ring (bicyclic) bond motifs is 1. The molecule has 2 aromatic carbocycles. The van der Waals surface area contributed by atoms with Crippen LogP contribution in [0.25, 0.3) is 10.9 Å². The monoisotopic (exact) mass is 362 g/mol. The molecule has 0 saturated carbocycles. The molecule has 140 valence electrons. The number of nitrogens with zero attached hydrogens (tertiary/aromatic N) is 1. The van der Waals surface area contributed by atoms with E-state index in [0.29, 0.717) is 18.2 Å². The number of aryl methyl sites for hydroxylation is 1. The first-order valence-corrected chi connectivity index (χ1v) is 9.41. The van der Waals surface area contributed by atoms with Gasteiger partial charge in [-0.3, -0.25) is 9.78 Å². The van der Waals surface area contributed by atoms with E-state index in [2.05, 4.69) is 36.3 Å². The van der Waals surface area contributed by atoms with Gasteiger partial charge >= 0.3 is 0 Å². The Morgan fingerprint density at radius 1 is 1.15 bits per heavy atom. The number of pyridine rings is 1. The summed E-state index contributed by atoms with van der Waals surface area (Å²) in [5, 5.41) is 4.00. The minimum absolute atomic E-state index is 0.00464. The van der Waals surface area contributed by atoms with Gasteiger partial charge in [-0.2, -0.15) is 0 Å². The van der Waals surface area contributed by atoms with Crippen LogP contribution in [-0.2, 0) is 11.3 Å². The number of nitrogens with one attached hydrogen (secondary N) is 1. The smallest absolute Gasteiger partial charge is 0.258 e. The first kappa shape index (κ1) is 18.9. The number of hydrogen-bond acceptors (Lipinski definition) is 3. The maximum absolute atomic E-state index is 12.2. The lowest BCUT2D eigenvalue weighted by molar-refractivity contribution is -0.123. The van der Waals surface area contributed by atoms with E-state index in [1.807, 2.05) is 49.4 Å². The normalized spacial score (nSPS) is 12.0. The highest BCUT2D eigenvalue weighted by Gasteiger charge is 2.08. The lowest BCUT2D eigenvalue weighted by Gasteiger charge is -2.12. The molecule has 0 aliphatic rings. The van der Waals surface area contributed by atoms with Gasteiger partial charge in [-0.15, -0.1) is 0 Å². The SMILES string of the molecule is CC[C@@H](C)c1ccc(OCC(=O)NCc2cc(C)nc3ccccc23)cc1. The highest BCUT2D eigenvalue weighted by atomic mass is 16.5. The molecule has 0 saturated heterocycles. The van der Waals surface area contributed by atoms with Crippen LogP contribution in [0.4, 0.5) is 0 Å². The minimum Gasteiger partial charge on any atom is -0.484 e. The van der Waals surface area contributed by atoms with E-state index >= 15 is 0 Å². The zero-order valence-corrected chi connectivity index (χ0v) is 16.2. The van der Waals surface area contributed by atoms with Gasteiger partial charge in [0.05, 0.1) is 5.52 Å². The van der Waals surface area contributed by atoms with Gasteiger partial charge in [0.2, 0.25) is 0 Å². The first-order valence-electron chi connectivity index (χ1n) is 9.41. The molecule has 0 fully saturated rings. The Hall–Kier alpha value is -2.88. The van der Waals surface area contributed by atoms with Crippen LogP contribution in [0.1, 0.15) is 43.0 Å². The summed E-state index contributed by atoms with van der Waals surface area (Å²) in [6.45, 7) is 6.80. The Balaban J connectivity index is 1.56. The Kier molecular flexibility index (Phi) is 6.07. The van der Waals surface area contributed by atoms with Crippen LogP contribution in [0.15, 0.2) is 54.6 Å². The van der Waals surface area contributed by atoms with Crippen LogP contribution in [-0.4, -0.2) is 17.5 Å². The molecule has 1 amide bonds. The molecule has 0 bridgehead atoms. The summed E-state index contributed by atoms with van der Waals surface area (Å²) in [6, 6.07) is 18.0. The van der Waals surface area contributed by atoms with Gasteiger partial charge in [-0.1, -0.05) is 44.2 Å². The second-order valence-corrected chi connectivity index (χ2v) is 6.88. The van der Waals surface area contributed by atoms with Gasteiger partial charge in [0.1, 0.15) is 5.75 Å². The summed E-state index contributed by atoms with van der Waals surface area (Å²) in [5.41, 5.74) is 4.23. The van der Waals surface area contributed by atoms with E-state index in [1.54, 1.807) is 0 Å². The van der Waals surface area contributed by atoms with Crippen LogP contribution < -0.4 is 10.1 Å². The zero-order valence-electron chi connectivity index (χ0n) is 16.2. The third-order valence-electron chi connectivity index (χ3n) is 4.84. The van der Waals surface area contributed by atoms with Crippen LogP contribution in [0.5, 0.6) is 5.75 Å². The lowest BCUT2D eigenvalue weighted by atomic mass is 9.99. The molecule has 1 N–H and O–H groups in total. The van der Waals surface area contributed by atoms with Crippen molar-refractivity contribution in [3.05, 3.63) is 71.4 Å². The highest BCUT2D eigenvalue weighted by Crippen LogP contribution is 2.21. The van der Waals surface area contributed by atoms with Crippen molar-refractivity contribution in [1.82, 2.24) is 10.3 Å². The lowest BCUT2D eigenvalue weighted by Crippen LogP contribution is -2.28. The summed E-state index contributed by atoms with van der Waals surface area (Å²) >= 11 is 0. The third-order valence-corrected chi connectivity index (χ3v) is 4.84. The second kappa shape index (κ2) is 8.67. The van der Waals surface area contributed by atoms with Crippen molar-refractivity contribution in [3.8, 4) is 5.75 Å². The molecule has 0 aliphatic heterocycles. The molecular weight excluding hydrogens is 336 g/mol. The average molecular weight is 362 g/mol. The Morgan fingerprint density at radius 3 is 2.63 bits per heavy atom. The predicted octanol–water partition coefficient (Wildman–Crippen LogP) is 4.75. The molecule has 0 radical (unpaired) electrons. The number of benzene rings is 2. The van der Waals surface area contributed by atoms with Crippen molar-refractivity contribution >= 4 is 16.8 Å². The fraction of sp³-hybridized carbons (Fsp3) is 0.304. The molecule has 4 heteroatoms. The van der Waals surface area contributed by atoms with E-state index in [0.717, 1.165) is 28.6 Å². The number of hydrogen-bond donors (Lipinski definition) is 1. The number of carbonyl (C=O) groups excluding carboxylic acids is 1. The fourth-order valence-corrected chi connectivity index (χ4v) is 3.06. The van der Waals surface area contributed by atoms with Crippen LogP contribution in [0.2, 0.25) is 0 Å². The van der Waals surface area contributed by atoms with Crippen LogP contribution >= 0.6 is 0 Å². The molecule has 0 spiro atoms. The van der Waals surface area contributed by atoms with Gasteiger partial charge in [0.25, 0.3) is 5.91 Å². The van der Waals surface area contributed by atoms with E-state index < -0.39 is 0 Å². The predicted molar refractivity (Wildman–Crippen MR) is 109 cm³/mol. The summed E-state index contributed by atoms with van der Waals surface area (Å²) < 4.78 is 5.61. The molecule has 1 aromatic heterocycles. The molecular formula is C23H26N2O2. The Bertz CT molecular complexity index is 919. The summed E-state index contributed by atoms with van der Waals surface area (Å²) in [7, 11) is 0. The van der Waals surface area contributed by atoms with Crippen molar-refractivity contribution in [3.63, 3.8) is 0 Å². The molecule has 3 rings (SSSR count). The molecule has 4 nitrogen and oxygen atoms in total. The van der Waals surface area contributed by atoms with E-state index in [1.165, 1.54) is 5.56 Å². The van der Waals surface area contributed by atoms with Crippen molar-refractivity contribution in [2.24, 2.45) is 0 Å². The van der Waals surface area contributed by atoms with Gasteiger partial charge in [-0.25, -0.2) is 0 Å². The van der Waals surface area contributed by atoms with Gasteiger partial charge in [0, 0.05) is 17.6 Å². The number of ether oxygens (including phenoxy) is 1. The molecule has 27 heavy (non-hydrogen) atoms. The van der Waals surface area contributed by atoms with E-state index in [-0.39, 0.29) is 12.5 Å². The Labute approximate surface area is 160 Å². The Morgan fingerprint density at radius 2 is 1.89 bits per heavy atom. The van der Waals surface area contributed by atoms with Crippen LogP contribution in [0.3, 0.4) is 0 Å². The standard InChI is InChI=1S/C23H26N2O2/c1-4-16(2)18-9-11-20(12-10-18)27-15-23(26)24-14-19-13-17(3)25-22-8-6-5-7-21(19)22/h5-13,16H,4,14-15H2,1-3H3,(H,24,26)/t16-/m1/s1. The van der Waals surface area contributed by atoms with E-state index in [9.17, 15) is 4.79 Å². The first-order chi connectivity index (χ1) is 13.1. The maximum Gasteiger partial charge on any atom is 0.258 e. The van der Waals surface area contributed by atoms with Crippen molar-refractivity contribution < 1.29 is 9.53 Å². The van der Waals surface area contributed by atoms with E-state index in [4.69, 9.17) is 4.74 Å². The minimum atomic E-state index is -0.139. The number of aromatic nitrogens is 1. The van der Waals surface area contributed by atoms with Crippen LogP contribution in [0, 0.1) is 6.92 Å². The fourth-order valence-electron chi connectivity index (χ4n) is 3.06. The number of rotatable bonds is 7. The van der Waals surface area contributed by atoms with Gasteiger partial charge in [0.15, 0.2) is 6.61 Å². The molecule has 1 heterocycles. The van der Waals surface area contributed by atoms with Crippen molar-refractivity contribution in [2.45, 2.75) is 39.7 Å². The number of carbonyl (C=O) groups is 1. The topological polar surface area (TPSA) is 51.2 Å².